The lowest BCUT2D eigenvalue weighted by Crippen LogP contribution is -1.92. The first-order valence-corrected chi connectivity index (χ1v) is 5.28. The maximum Gasteiger partial charge on any atom is 0.106 e. The number of hydrogen-bond acceptors (Lipinski definition) is 3. The van der Waals surface area contributed by atoms with E-state index in [0.29, 0.717) is 5.69 Å². The van der Waals surface area contributed by atoms with E-state index in [4.69, 9.17) is 5.11 Å². The van der Waals surface area contributed by atoms with Gasteiger partial charge in [0.15, 0.2) is 0 Å². The molecule has 0 saturated heterocycles. The van der Waals surface area contributed by atoms with Gasteiger partial charge in [0.05, 0.1) is 23.7 Å². The molecule has 0 bridgehead atoms. The summed E-state index contributed by atoms with van der Waals surface area (Å²) in [6, 6.07) is 11.2. The zero-order chi connectivity index (χ0) is 10.7. The van der Waals surface area contributed by atoms with Crippen LogP contribution in [0.3, 0.4) is 0 Å². The van der Waals surface area contributed by atoms with Crippen molar-refractivity contribution in [1.29, 1.82) is 0 Å². The molecule has 2 aromatic rings. The van der Waals surface area contributed by atoms with E-state index < -0.39 is 0 Å². The van der Waals surface area contributed by atoms with Crippen molar-refractivity contribution in [2.45, 2.75) is 6.61 Å². The summed E-state index contributed by atoms with van der Waals surface area (Å²) in [4.78, 5) is 8.56. The first-order valence-electron chi connectivity index (χ1n) is 4.49. The van der Waals surface area contributed by atoms with Gasteiger partial charge in [0, 0.05) is 0 Å². The molecule has 0 fully saturated rings. The minimum absolute atomic E-state index is 0.0537. The summed E-state index contributed by atoms with van der Waals surface area (Å²) >= 11 is 3.31. The van der Waals surface area contributed by atoms with Crippen LogP contribution in [0.4, 0.5) is 0 Å². The Morgan fingerprint density at radius 2 is 1.67 bits per heavy atom. The minimum atomic E-state index is -0.0537. The van der Waals surface area contributed by atoms with E-state index in [2.05, 4.69) is 25.9 Å². The zero-order valence-corrected chi connectivity index (χ0v) is 9.48. The fourth-order valence-electron chi connectivity index (χ4n) is 1.26. The van der Waals surface area contributed by atoms with Gasteiger partial charge in [0.25, 0.3) is 0 Å². The van der Waals surface area contributed by atoms with Gasteiger partial charge < -0.3 is 5.11 Å². The van der Waals surface area contributed by atoms with Crippen molar-refractivity contribution < 1.29 is 5.11 Å². The number of rotatable bonds is 2. The van der Waals surface area contributed by atoms with Crippen molar-refractivity contribution in [3.63, 3.8) is 0 Å². The third kappa shape index (κ3) is 2.40. The van der Waals surface area contributed by atoms with Crippen LogP contribution in [-0.4, -0.2) is 15.1 Å². The number of aliphatic hydroxyl groups is 1. The highest BCUT2D eigenvalue weighted by molar-refractivity contribution is 9.10. The second-order valence-electron chi connectivity index (χ2n) is 3.02. The molecular formula is C11H9BrN2O. The van der Waals surface area contributed by atoms with Gasteiger partial charge in [-0.25, -0.2) is 9.97 Å². The lowest BCUT2D eigenvalue weighted by Gasteiger charge is -2.02. The second kappa shape index (κ2) is 4.51. The Morgan fingerprint density at radius 1 is 1.00 bits per heavy atom. The Labute approximate surface area is 96.0 Å². The molecule has 15 heavy (non-hydrogen) atoms. The number of aliphatic hydroxyl groups excluding tert-OH is 1. The van der Waals surface area contributed by atoms with E-state index in [-0.39, 0.29) is 6.61 Å². The summed E-state index contributed by atoms with van der Waals surface area (Å²) < 4.78 is 0.774. The number of nitrogens with zero attached hydrogens (tertiary/aromatic N) is 2. The first-order chi connectivity index (χ1) is 7.29. The van der Waals surface area contributed by atoms with E-state index in [1.54, 1.807) is 6.07 Å². The maximum atomic E-state index is 8.97. The van der Waals surface area contributed by atoms with Crippen molar-refractivity contribution in [3.05, 3.63) is 46.7 Å². The number of halogens is 1. The molecule has 2 heterocycles. The molecule has 2 rings (SSSR count). The molecule has 0 amide bonds. The van der Waals surface area contributed by atoms with Crippen LogP contribution in [0.25, 0.3) is 11.4 Å². The van der Waals surface area contributed by atoms with Gasteiger partial charge in [0.2, 0.25) is 0 Å². The third-order valence-electron chi connectivity index (χ3n) is 1.95. The average molecular weight is 265 g/mol. The summed E-state index contributed by atoms with van der Waals surface area (Å²) in [5, 5.41) is 8.97. The van der Waals surface area contributed by atoms with E-state index in [1.807, 2.05) is 30.3 Å². The van der Waals surface area contributed by atoms with Crippen molar-refractivity contribution in [2.24, 2.45) is 0 Å². The molecule has 0 unspecified atom stereocenters. The molecule has 0 atom stereocenters. The van der Waals surface area contributed by atoms with Gasteiger partial charge in [-0.1, -0.05) is 12.1 Å². The molecule has 0 aliphatic rings. The number of hydrogen-bond donors (Lipinski definition) is 1. The normalized spacial score (nSPS) is 10.3. The van der Waals surface area contributed by atoms with Crippen LogP contribution in [-0.2, 0) is 6.61 Å². The second-order valence-corrected chi connectivity index (χ2v) is 3.83. The number of pyridine rings is 2. The van der Waals surface area contributed by atoms with Gasteiger partial charge >= 0.3 is 0 Å². The Morgan fingerprint density at radius 3 is 2.33 bits per heavy atom. The molecule has 0 aliphatic carbocycles. The highest BCUT2D eigenvalue weighted by Crippen LogP contribution is 2.17. The van der Waals surface area contributed by atoms with E-state index in [1.165, 1.54) is 0 Å². The minimum Gasteiger partial charge on any atom is -0.390 e. The lowest BCUT2D eigenvalue weighted by molar-refractivity contribution is 0.277. The SMILES string of the molecule is OCc1cccc(-c2cccc(Br)n2)n1. The Hall–Kier alpha value is -1.26. The Bertz CT molecular complexity index is 474. The maximum absolute atomic E-state index is 8.97. The number of aromatic nitrogens is 2. The topological polar surface area (TPSA) is 46.0 Å². The van der Waals surface area contributed by atoms with Gasteiger partial charge in [0.1, 0.15) is 4.60 Å². The summed E-state index contributed by atoms with van der Waals surface area (Å²) in [6.07, 6.45) is 0. The molecule has 0 spiro atoms. The lowest BCUT2D eigenvalue weighted by atomic mass is 10.2. The quantitative estimate of drug-likeness (QED) is 0.848. The van der Waals surface area contributed by atoms with Gasteiger partial charge in [-0.05, 0) is 40.2 Å². The van der Waals surface area contributed by atoms with E-state index in [9.17, 15) is 0 Å². The summed E-state index contributed by atoms with van der Waals surface area (Å²) in [6.45, 7) is -0.0537. The standard InChI is InChI=1S/C11H9BrN2O/c12-11-6-2-5-10(14-11)9-4-1-3-8(7-15)13-9/h1-6,15H,7H2. The fourth-order valence-corrected chi connectivity index (χ4v) is 1.60. The molecular weight excluding hydrogens is 256 g/mol. The van der Waals surface area contributed by atoms with Crippen LogP contribution in [0.1, 0.15) is 5.69 Å². The van der Waals surface area contributed by atoms with Crippen LogP contribution in [0.5, 0.6) is 0 Å². The molecule has 2 aromatic heterocycles. The van der Waals surface area contributed by atoms with E-state index in [0.717, 1.165) is 16.0 Å². The highest BCUT2D eigenvalue weighted by atomic mass is 79.9. The molecule has 4 heteroatoms. The first kappa shape index (κ1) is 10.3. The molecule has 0 saturated carbocycles. The molecule has 1 N–H and O–H groups in total. The van der Waals surface area contributed by atoms with Crippen LogP contribution in [0, 0.1) is 0 Å². The van der Waals surface area contributed by atoms with Crippen LogP contribution < -0.4 is 0 Å². The van der Waals surface area contributed by atoms with Gasteiger partial charge in [-0.3, -0.25) is 0 Å². The molecule has 76 valence electrons. The molecule has 3 nitrogen and oxygen atoms in total. The van der Waals surface area contributed by atoms with Crippen molar-refractivity contribution in [2.75, 3.05) is 0 Å². The van der Waals surface area contributed by atoms with Crippen LogP contribution in [0.2, 0.25) is 0 Å². The molecule has 0 aromatic carbocycles. The van der Waals surface area contributed by atoms with Crippen LogP contribution >= 0.6 is 15.9 Å². The molecule has 0 aliphatic heterocycles. The highest BCUT2D eigenvalue weighted by Gasteiger charge is 2.02. The fraction of sp³-hybridized carbons (Fsp3) is 0.0909. The van der Waals surface area contributed by atoms with Crippen LogP contribution in [0.15, 0.2) is 41.0 Å². The largest absolute Gasteiger partial charge is 0.390 e. The van der Waals surface area contributed by atoms with Gasteiger partial charge in [-0.2, -0.15) is 0 Å². The summed E-state index contributed by atoms with van der Waals surface area (Å²) in [5.41, 5.74) is 2.21. The van der Waals surface area contributed by atoms with Crippen molar-refractivity contribution in [1.82, 2.24) is 9.97 Å². The smallest absolute Gasteiger partial charge is 0.106 e. The third-order valence-corrected chi connectivity index (χ3v) is 2.39. The predicted molar refractivity (Wildman–Crippen MR) is 61.1 cm³/mol. The Kier molecular flexibility index (Phi) is 3.08. The monoisotopic (exact) mass is 264 g/mol. The zero-order valence-electron chi connectivity index (χ0n) is 7.89. The van der Waals surface area contributed by atoms with Gasteiger partial charge in [-0.15, -0.1) is 0 Å². The van der Waals surface area contributed by atoms with E-state index >= 15 is 0 Å². The summed E-state index contributed by atoms with van der Waals surface area (Å²) in [5.74, 6) is 0. The predicted octanol–water partition coefficient (Wildman–Crippen LogP) is 2.40. The van der Waals surface area contributed by atoms with Crippen molar-refractivity contribution in [3.8, 4) is 11.4 Å². The van der Waals surface area contributed by atoms with Crippen molar-refractivity contribution >= 4 is 15.9 Å². The molecule has 0 radical (unpaired) electrons. The Balaban J connectivity index is 2.44. The average Bonchev–Trinajstić information content (AvgIpc) is 2.29. The summed E-state index contributed by atoms with van der Waals surface area (Å²) in [7, 11) is 0.